The third kappa shape index (κ3) is 11.1. The van der Waals surface area contributed by atoms with Crippen molar-refractivity contribution in [2.24, 2.45) is 0 Å². The molecule has 16 heteroatoms. The lowest BCUT2D eigenvalue weighted by atomic mass is 10.1. The van der Waals surface area contributed by atoms with Crippen LogP contribution in [0.2, 0.25) is 0 Å². The van der Waals surface area contributed by atoms with Gasteiger partial charge in [-0.1, -0.05) is 60.7 Å². The fourth-order valence-corrected chi connectivity index (χ4v) is 5.56. The van der Waals surface area contributed by atoms with Crippen molar-refractivity contribution in [1.82, 2.24) is 19.6 Å². The van der Waals surface area contributed by atoms with Crippen molar-refractivity contribution < 1.29 is 57.3 Å². The topological polar surface area (TPSA) is 186 Å². The van der Waals surface area contributed by atoms with E-state index in [2.05, 4.69) is 0 Å². The Morgan fingerprint density at radius 2 is 0.643 bits per heavy atom. The zero-order valence-electron chi connectivity index (χ0n) is 33.5. The number of hydrogen-bond acceptors (Lipinski definition) is 12. The number of rotatable bonds is 4. The SMILES string of the molecule is C[C@H]1OC(=O)[C@H](C)N(C)C(=O)[C@@H](Cc2ccccc2)OC(=O)[C@H](C)N(C)C(=O)[C@@H](C)OC(=O)[C@H](C)N(C)C(=O)[C@@H](Cc2ccccc2)OC(=O)[C@H](C)N(C)C1=O. The summed E-state index contributed by atoms with van der Waals surface area (Å²) in [6.45, 7) is 8.06. The second-order valence-corrected chi connectivity index (χ2v) is 13.9. The van der Waals surface area contributed by atoms with Gasteiger partial charge in [-0.3, -0.25) is 19.2 Å². The minimum Gasteiger partial charge on any atom is -0.451 e. The third-order valence-electron chi connectivity index (χ3n) is 9.96. The van der Waals surface area contributed by atoms with Gasteiger partial charge in [0.25, 0.3) is 23.6 Å². The number of carbonyl (C=O) groups excluding carboxylic acids is 8. The van der Waals surface area contributed by atoms with E-state index in [1.807, 2.05) is 0 Å². The third-order valence-corrected chi connectivity index (χ3v) is 9.96. The van der Waals surface area contributed by atoms with Crippen LogP contribution in [-0.2, 0) is 70.1 Å². The number of likely N-dealkylation sites (N-methyl/N-ethyl adjacent to an activating group) is 4. The summed E-state index contributed by atoms with van der Waals surface area (Å²) < 4.78 is 22.2. The van der Waals surface area contributed by atoms with Gasteiger partial charge in [-0.25, -0.2) is 19.2 Å². The molecule has 0 aromatic heterocycles. The summed E-state index contributed by atoms with van der Waals surface area (Å²) in [6.07, 6.45) is -5.91. The zero-order chi connectivity index (χ0) is 42.0. The molecule has 0 aliphatic carbocycles. The Labute approximate surface area is 326 Å². The van der Waals surface area contributed by atoms with E-state index in [1.54, 1.807) is 60.7 Å². The summed E-state index contributed by atoms with van der Waals surface area (Å²) in [4.78, 5) is 112. The Bertz CT molecular complexity index is 1630. The second kappa shape index (κ2) is 19.7. The second-order valence-electron chi connectivity index (χ2n) is 13.9. The number of esters is 4. The van der Waals surface area contributed by atoms with Gasteiger partial charge in [-0.15, -0.1) is 0 Å². The van der Waals surface area contributed by atoms with E-state index < -0.39 is 96.1 Å². The maximum Gasteiger partial charge on any atom is 0.329 e. The van der Waals surface area contributed by atoms with Crippen LogP contribution < -0.4 is 0 Å². The smallest absolute Gasteiger partial charge is 0.329 e. The number of cyclic esters (lactones) is 4. The van der Waals surface area contributed by atoms with Gasteiger partial charge >= 0.3 is 23.9 Å². The van der Waals surface area contributed by atoms with Crippen molar-refractivity contribution in [1.29, 1.82) is 0 Å². The first-order valence-corrected chi connectivity index (χ1v) is 18.2. The molecule has 1 heterocycles. The highest BCUT2D eigenvalue weighted by molar-refractivity contribution is 5.94. The molecule has 3 rings (SSSR count). The fourth-order valence-electron chi connectivity index (χ4n) is 5.56. The normalized spacial score (nSPS) is 27.6. The molecule has 0 saturated carbocycles. The van der Waals surface area contributed by atoms with Gasteiger partial charge < -0.3 is 38.5 Å². The highest BCUT2D eigenvalue weighted by Crippen LogP contribution is 2.18. The molecule has 0 unspecified atom stereocenters. The first kappa shape index (κ1) is 44.6. The molecule has 8 atom stereocenters. The van der Waals surface area contributed by atoms with Gasteiger partial charge in [-0.2, -0.15) is 0 Å². The molecule has 0 spiro atoms. The molecule has 56 heavy (non-hydrogen) atoms. The van der Waals surface area contributed by atoms with Crippen molar-refractivity contribution >= 4 is 47.5 Å². The van der Waals surface area contributed by atoms with E-state index in [4.69, 9.17) is 18.9 Å². The molecule has 4 amide bonds. The number of benzene rings is 2. The van der Waals surface area contributed by atoms with Crippen LogP contribution in [0.25, 0.3) is 0 Å². The summed E-state index contributed by atoms with van der Waals surface area (Å²) in [5, 5.41) is 0. The molecule has 0 N–H and O–H groups in total. The maximum absolute atomic E-state index is 13.8. The predicted octanol–water partition coefficient (Wildman–Crippen LogP) is 1.56. The minimum atomic E-state index is -1.45. The van der Waals surface area contributed by atoms with Gasteiger partial charge in [0.05, 0.1) is 0 Å². The minimum absolute atomic E-state index is 0.0834. The Hall–Kier alpha value is -5.80. The van der Waals surface area contributed by atoms with E-state index >= 15 is 0 Å². The molecular formula is C40H52N4O12. The predicted molar refractivity (Wildman–Crippen MR) is 200 cm³/mol. The van der Waals surface area contributed by atoms with Crippen LogP contribution in [0.3, 0.4) is 0 Å². The molecular weight excluding hydrogens is 728 g/mol. The first-order valence-electron chi connectivity index (χ1n) is 18.2. The highest BCUT2D eigenvalue weighted by atomic mass is 16.6. The number of amides is 4. The van der Waals surface area contributed by atoms with Crippen LogP contribution in [0, 0.1) is 0 Å². The Morgan fingerprint density at radius 1 is 0.393 bits per heavy atom. The van der Waals surface area contributed by atoms with Crippen LogP contribution >= 0.6 is 0 Å². The summed E-state index contributed by atoms with van der Waals surface area (Å²) in [7, 11) is 5.20. The summed E-state index contributed by atoms with van der Waals surface area (Å²) in [6, 6.07) is 12.3. The van der Waals surface area contributed by atoms with Crippen molar-refractivity contribution in [2.75, 3.05) is 28.2 Å². The average Bonchev–Trinajstić information content (AvgIpc) is 3.19. The van der Waals surface area contributed by atoms with Crippen molar-refractivity contribution in [3.05, 3.63) is 71.8 Å². The molecule has 1 saturated heterocycles. The number of ether oxygens (including phenoxy) is 4. The molecule has 304 valence electrons. The largest absolute Gasteiger partial charge is 0.451 e. The van der Waals surface area contributed by atoms with E-state index in [0.717, 1.165) is 19.6 Å². The molecule has 16 nitrogen and oxygen atoms in total. The van der Waals surface area contributed by atoms with Crippen LogP contribution in [0.1, 0.15) is 52.7 Å². The van der Waals surface area contributed by atoms with Gasteiger partial charge in [0.2, 0.25) is 0 Å². The van der Waals surface area contributed by atoms with E-state index in [9.17, 15) is 38.4 Å². The molecule has 2 aromatic rings. The lowest BCUT2D eigenvalue weighted by Crippen LogP contribution is -2.53. The number of nitrogens with zero attached hydrogens (tertiary/aromatic N) is 4. The number of carbonyl (C=O) groups is 8. The summed E-state index contributed by atoms with van der Waals surface area (Å²) in [5.41, 5.74) is 1.26. The maximum atomic E-state index is 13.8. The fraction of sp³-hybridized carbons (Fsp3) is 0.500. The van der Waals surface area contributed by atoms with E-state index in [1.165, 1.54) is 69.7 Å². The standard InChI is InChI=1S/C40H52N4O12/c1-23-37(49)53-27(5)33(45)41(7)26(4)40(52)56-32(22-30-19-15-12-16-20-30)36(48)44(10)24(2)38(50)54-28(6)34(46)42(8)25(3)39(51)55-31(35(47)43(23)9)21-29-17-13-11-14-18-29/h11-20,23-28,31-32H,21-22H2,1-10H3/t23-,24-,25-,26-,27+,28+,31+,32+/m0/s1. The Morgan fingerprint density at radius 3 is 0.929 bits per heavy atom. The molecule has 2 aromatic carbocycles. The lowest BCUT2D eigenvalue weighted by molar-refractivity contribution is -0.174. The quantitative estimate of drug-likeness (QED) is 0.323. The first-order chi connectivity index (χ1) is 26.3. The van der Waals surface area contributed by atoms with Gasteiger partial charge in [0.1, 0.15) is 24.2 Å². The molecule has 1 fully saturated rings. The van der Waals surface area contributed by atoms with Gasteiger partial charge in [0, 0.05) is 41.0 Å². The van der Waals surface area contributed by atoms with Crippen LogP contribution in [0.5, 0.6) is 0 Å². The lowest BCUT2D eigenvalue weighted by Gasteiger charge is -2.32. The van der Waals surface area contributed by atoms with Crippen LogP contribution in [0.4, 0.5) is 0 Å². The van der Waals surface area contributed by atoms with Crippen LogP contribution in [0.15, 0.2) is 60.7 Å². The van der Waals surface area contributed by atoms with Crippen LogP contribution in [-0.4, -0.2) is 144 Å². The summed E-state index contributed by atoms with van der Waals surface area (Å²) >= 11 is 0. The van der Waals surface area contributed by atoms with Crippen molar-refractivity contribution in [3.63, 3.8) is 0 Å². The van der Waals surface area contributed by atoms with Crippen molar-refractivity contribution in [3.8, 4) is 0 Å². The van der Waals surface area contributed by atoms with E-state index in [-0.39, 0.29) is 12.8 Å². The van der Waals surface area contributed by atoms with E-state index in [0.29, 0.717) is 11.1 Å². The molecule has 0 bridgehead atoms. The van der Waals surface area contributed by atoms with Gasteiger partial charge in [0.15, 0.2) is 24.4 Å². The molecule has 0 radical (unpaired) electrons. The summed E-state index contributed by atoms with van der Waals surface area (Å²) in [5.74, 6) is -6.94. The molecule has 1 aliphatic rings. The number of hydrogen-bond donors (Lipinski definition) is 0. The van der Waals surface area contributed by atoms with Crippen molar-refractivity contribution in [2.45, 2.75) is 103 Å². The zero-order valence-corrected chi connectivity index (χ0v) is 33.5. The average molecular weight is 781 g/mol. The monoisotopic (exact) mass is 780 g/mol. The molecule has 1 aliphatic heterocycles. The van der Waals surface area contributed by atoms with Gasteiger partial charge in [-0.05, 0) is 52.7 Å². The highest BCUT2D eigenvalue weighted by Gasteiger charge is 2.39. The Balaban J connectivity index is 2.00. The Kier molecular flexibility index (Phi) is 15.7.